The van der Waals surface area contributed by atoms with Crippen molar-refractivity contribution in [3.63, 3.8) is 0 Å². The Balaban J connectivity index is 2.20. The van der Waals surface area contributed by atoms with Crippen LogP contribution in [0.15, 0.2) is 35.5 Å². The minimum absolute atomic E-state index is 0.158. The first-order valence-corrected chi connectivity index (χ1v) is 7.35. The molecule has 4 N–H and O–H groups in total. The fourth-order valence-corrected chi connectivity index (χ4v) is 2.97. The van der Waals surface area contributed by atoms with E-state index < -0.39 is 16.1 Å². The number of nitrogens with one attached hydrogen (secondary N) is 2. The van der Waals surface area contributed by atoms with Gasteiger partial charge in [0.2, 0.25) is 10.0 Å². The summed E-state index contributed by atoms with van der Waals surface area (Å²) >= 11 is 0. The second-order valence-electron chi connectivity index (χ2n) is 4.31. The van der Waals surface area contributed by atoms with Gasteiger partial charge in [-0.3, -0.25) is 5.84 Å². The molecular formula is C11H16N6O2S. The lowest BCUT2D eigenvalue weighted by Crippen LogP contribution is -2.28. The average molecular weight is 296 g/mol. The number of hydrogen-bond acceptors (Lipinski definition) is 6. The van der Waals surface area contributed by atoms with Crippen molar-refractivity contribution in [1.82, 2.24) is 19.5 Å². The Bertz CT molecular complexity index is 679. The lowest BCUT2D eigenvalue weighted by atomic mass is 10.3. The first-order chi connectivity index (χ1) is 9.44. The molecule has 1 unspecified atom stereocenters. The topological polar surface area (TPSA) is 115 Å². The normalized spacial score (nSPS) is 13.2. The molecule has 0 amide bonds. The third kappa shape index (κ3) is 2.95. The van der Waals surface area contributed by atoms with E-state index in [2.05, 4.69) is 20.3 Å². The number of nitrogen functional groups attached to an aromatic ring is 1. The van der Waals surface area contributed by atoms with Crippen LogP contribution >= 0.6 is 0 Å². The van der Waals surface area contributed by atoms with Crippen molar-refractivity contribution >= 4 is 15.7 Å². The van der Waals surface area contributed by atoms with Crippen LogP contribution < -0.4 is 16.0 Å². The fraction of sp³-hybridized carbons (Fsp3) is 0.273. The lowest BCUT2D eigenvalue weighted by molar-refractivity contribution is 0.553. The quantitative estimate of drug-likeness (QED) is 0.534. The number of aromatic nitrogens is 3. The highest BCUT2D eigenvalue weighted by Gasteiger charge is 2.20. The van der Waals surface area contributed by atoms with Crippen LogP contribution in [0, 0.1) is 0 Å². The summed E-state index contributed by atoms with van der Waals surface area (Å²) in [6, 6.07) is 5.63. The third-order valence-corrected chi connectivity index (χ3v) is 4.35. The van der Waals surface area contributed by atoms with Crippen molar-refractivity contribution in [3.8, 4) is 0 Å². The number of nitrogens with zero attached hydrogens (tertiary/aromatic N) is 3. The van der Waals surface area contributed by atoms with Crippen molar-refractivity contribution in [2.24, 2.45) is 12.9 Å². The van der Waals surface area contributed by atoms with E-state index in [0.717, 1.165) is 0 Å². The van der Waals surface area contributed by atoms with Crippen LogP contribution in [0.3, 0.4) is 0 Å². The molecule has 0 spiro atoms. The van der Waals surface area contributed by atoms with Gasteiger partial charge in [-0.1, -0.05) is 0 Å². The van der Waals surface area contributed by atoms with Crippen LogP contribution in [0.1, 0.15) is 18.8 Å². The van der Waals surface area contributed by atoms with Gasteiger partial charge in [-0.25, -0.2) is 13.1 Å². The van der Waals surface area contributed by atoms with Crippen LogP contribution in [0.25, 0.3) is 0 Å². The van der Waals surface area contributed by atoms with Crippen LogP contribution in [-0.2, 0) is 17.1 Å². The molecule has 1 aromatic carbocycles. The standard InChI is InChI=1S/C11H16N6O2S/c1-8(11-15-13-7-17(11)2)16-20(18,19)10-5-3-9(14-12)4-6-10/h3-8,14,16H,12H2,1-2H3. The fourth-order valence-electron chi connectivity index (χ4n) is 1.77. The minimum atomic E-state index is -3.63. The number of hydrogen-bond donors (Lipinski definition) is 3. The summed E-state index contributed by atoms with van der Waals surface area (Å²) in [6.07, 6.45) is 1.52. The van der Waals surface area contributed by atoms with Crippen LogP contribution in [-0.4, -0.2) is 23.2 Å². The van der Waals surface area contributed by atoms with Gasteiger partial charge < -0.3 is 9.99 Å². The Hall–Kier alpha value is -1.97. The number of benzene rings is 1. The lowest BCUT2D eigenvalue weighted by Gasteiger charge is -2.13. The maximum absolute atomic E-state index is 12.2. The molecule has 20 heavy (non-hydrogen) atoms. The van der Waals surface area contributed by atoms with Gasteiger partial charge >= 0.3 is 0 Å². The van der Waals surface area contributed by atoms with E-state index >= 15 is 0 Å². The third-order valence-electron chi connectivity index (χ3n) is 2.80. The second-order valence-corrected chi connectivity index (χ2v) is 6.03. The Morgan fingerprint density at radius 3 is 2.45 bits per heavy atom. The summed E-state index contributed by atoms with van der Waals surface area (Å²) in [4.78, 5) is 0.158. The Labute approximate surface area is 117 Å². The highest BCUT2D eigenvalue weighted by Crippen LogP contribution is 2.16. The highest BCUT2D eigenvalue weighted by atomic mass is 32.2. The molecular weight excluding hydrogens is 280 g/mol. The van der Waals surface area contributed by atoms with E-state index in [1.165, 1.54) is 18.5 Å². The summed E-state index contributed by atoms with van der Waals surface area (Å²) in [5, 5.41) is 7.60. The van der Waals surface area contributed by atoms with E-state index in [9.17, 15) is 8.42 Å². The Morgan fingerprint density at radius 1 is 1.30 bits per heavy atom. The van der Waals surface area contributed by atoms with Crippen molar-refractivity contribution < 1.29 is 8.42 Å². The summed E-state index contributed by atoms with van der Waals surface area (Å²) in [5.74, 6) is 5.77. The van der Waals surface area contributed by atoms with Gasteiger partial charge in [0, 0.05) is 12.7 Å². The molecule has 0 saturated heterocycles. The van der Waals surface area contributed by atoms with Gasteiger partial charge in [0.05, 0.1) is 10.9 Å². The molecule has 0 radical (unpaired) electrons. The Kier molecular flexibility index (Phi) is 4.02. The number of nitrogens with two attached hydrogens (primary N) is 1. The van der Waals surface area contributed by atoms with Crippen LogP contribution in [0.4, 0.5) is 5.69 Å². The van der Waals surface area contributed by atoms with Gasteiger partial charge in [0.25, 0.3) is 0 Å². The van der Waals surface area contributed by atoms with Gasteiger partial charge in [-0.2, -0.15) is 0 Å². The SMILES string of the molecule is CC(NS(=O)(=O)c1ccc(NN)cc1)c1nncn1C. The minimum Gasteiger partial charge on any atom is -0.324 e. The number of anilines is 1. The van der Waals surface area contributed by atoms with Gasteiger partial charge in [0.15, 0.2) is 0 Å². The van der Waals surface area contributed by atoms with E-state index in [0.29, 0.717) is 11.5 Å². The smallest absolute Gasteiger partial charge is 0.241 e. The first kappa shape index (κ1) is 14.4. The molecule has 2 aromatic rings. The van der Waals surface area contributed by atoms with E-state index in [4.69, 9.17) is 5.84 Å². The summed E-state index contributed by atoms with van der Waals surface area (Å²) in [7, 11) is -1.88. The molecule has 0 fully saturated rings. The second kappa shape index (κ2) is 5.57. The number of sulfonamides is 1. The largest absolute Gasteiger partial charge is 0.324 e. The summed E-state index contributed by atoms with van der Waals surface area (Å²) in [6.45, 7) is 1.71. The molecule has 1 aromatic heterocycles. The van der Waals surface area contributed by atoms with Crippen LogP contribution in [0.5, 0.6) is 0 Å². The highest BCUT2D eigenvalue weighted by molar-refractivity contribution is 7.89. The molecule has 0 saturated carbocycles. The van der Waals surface area contributed by atoms with Crippen LogP contribution in [0.2, 0.25) is 0 Å². The monoisotopic (exact) mass is 296 g/mol. The predicted molar refractivity (Wildman–Crippen MR) is 74.0 cm³/mol. The average Bonchev–Trinajstić information content (AvgIpc) is 2.84. The molecule has 0 aliphatic heterocycles. The first-order valence-electron chi connectivity index (χ1n) is 5.87. The van der Waals surface area contributed by atoms with Gasteiger partial charge in [-0.15, -0.1) is 10.2 Å². The molecule has 9 heteroatoms. The molecule has 0 aliphatic rings. The maximum Gasteiger partial charge on any atom is 0.241 e. The van der Waals surface area contributed by atoms with E-state index in [1.807, 2.05) is 0 Å². The number of aryl methyl sites for hydroxylation is 1. The molecule has 8 nitrogen and oxygen atoms in total. The number of hydrazine groups is 1. The van der Waals surface area contributed by atoms with Crippen molar-refractivity contribution in [2.75, 3.05) is 5.43 Å². The molecule has 2 rings (SSSR count). The maximum atomic E-state index is 12.2. The molecule has 1 heterocycles. The van der Waals surface area contributed by atoms with Crippen molar-refractivity contribution in [3.05, 3.63) is 36.4 Å². The zero-order valence-electron chi connectivity index (χ0n) is 11.1. The van der Waals surface area contributed by atoms with Crippen molar-refractivity contribution in [1.29, 1.82) is 0 Å². The zero-order chi connectivity index (χ0) is 14.8. The summed E-state index contributed by atoms with van der Waals surface area (Å²) < 4.78 is 28.7. The van der Waals surface area contributed by atoms with E-state index in [-0.39, 0.29) is 4.90 Å². The number of rotatable bonds is 5. The van der Waals surface area contributed by atoms with Gasteiger partial charge in [-0.05, 0) is 31.2 Å². The zero-order valence-corrected chi connectivity index (χ0v) is 11.9. The van der Waals surface area contributed by atoms with E-state index in [1.54, 1.807) is 30.7 Å². The molecule has 0 bridgehead atoms. The molecule has 1 atom stereocenters. The molecule has 108 valence electrons. The predicted octanol–water partition coefficient (Wildman–Crippen LogP) is 0.140. The summed E-state index contributed by atoms with van der Waals surface area (Å²) in [5.41, 5.74) is 3.07. The molecule has 0 aliphatic carbocycles. The Morgan fingerprint density at radius 2 is 1.95 bits per heavy atom. The van der Waals surface area contributed by atoms with Crippen molar-refractivity contribution in [2.45, 2.75) is 17.9 Å². The van der Waals surface area contributed by atoms with Gasteiger partial charge in [0.1, 0.15) is 12.2 Å².